The molecule has 8 heteroatoms. The van der Waals surface area contributed by atoms with Crippen LogP contribution in [-0.2, 0) is 10.0 Å². The summed E-state index contributed by atoms with van der Waals surface area (Å²) < 4.78 is 25.9. The van der Waals surface area contributed by atoms with Gasteiger partial charge in [0, 0.05) is 12.3 Å². The lowest BCUT2D eigenvalue weighted by atomic mass is 10.4. The van der Waals surface area contributed by atoms with Crippen LogP contribution in [0.2, 0.25) is 0 Å². The van der Waals surface area contributed by atoms with E-state index in [1.807, 2.05) is 6.07 Å². The third-order valence-electron chi connectivity index (χ3n) is 1.91. The molecule has 2 N–H and O–H groups in total. The normalized spacial score (nSPS) is 10.8. The average Bonchev–Trinajstić information content (AvgIpc) is 2.81. The Bertz CT molecular complexity index is 640. The van der Waals surface area contributed by atoms with Gasteiger partial charge in [-0.2, -0.15) is 10.4 Å². The van der Waals surface area contributed by atoms with Crippen LogP contribution < -0.4 is 4.72 Å². The number of hydrogen-bond donors (Lipinski definition) is 2. The molecule has 0 fully saturated rings. The Morgan fingerprint density at radius 3 is 2.71 bits per heavy atom. The number of aromatic nitrogens is 3. The van der Waals surface area contributed by atoms with Gasteiger partial charge in [-0.3, -0.25) is 9.82 Å². The lowest BCUT2D eigenvalue weighted by molar-refractivity contribution is 0.600. The molecule has 2 rings (SSSR count). The molecule has 0 atom stereocenters. The van der Waals surface area contributed by atoms with Crippen molar-refractivity contribution in [3.8, 4) is 6.07 Å². The molecule has 0 aliphatic carbocycles. The Labute approximate surface area is 97.2 Å². The zero-order chi connectivity index (χ0) is 12.3. The summed E-state index contributed by atoms with van der Waals surface area (Å²) in [6.07, 6.45) is 2.55. The van der Waals surface area contributed by atoms with Crippen molar-refractivity contribution in [2.24, 2.45) is 0 Å². The standard InChI is InChI=1S/C9H7N5O2S/c10-5-7-1-2-8(6-11-7)17(15,16)14-9-3-4-12-13-9/h1-4,6H,(H2,12,13,14). The molecule has 7 nitrogen and oxygen atoms in total. The van der Waals surface area contributed by atoms with Gasteiger partial charge in [-0.25, -0.2) is 13.4 Å². The number of nitrogens with zero attached hydrogens (tertiary/aromatic N) is 3. The molecule has 0 aromatic carbocycles. The Morgan fingerprint density at radius 2 is 2.18 bits per heavy atom. The molecule has 0 saturated heterocycles. The van der Waals surface area contributed by atoms with E-state index in [9.17, 15) is 8.42 Å². The summed E-state index contributed by atoms with van der Waals surface area (Å²) in [6.45, 7) is 0. The summed E-state index contributed by atoms with van der Waals surface area (Å²) in [4.78, 5) is 3.66. The van der Waals surface area contributed by atoms with Crippen molar-refractivity contribution in [3.63, 3.8) is 0 Å². The molecule has 0 aliphatic rings. The minimum absolute atomic E-state index is 0.0221. The quantitative estimate of drug-likeness (QED) is 0.821. The minimum atomic E-state index is -3.70. The first kappa shape index (κ1) is 11.1. The maximum absolute atomic E-state index is 11.8. The predicted octanol–water partition coefficient (Wildman–Crippen LogP) is 0.477. The molecule has 17 heavy (non-hydrogen) atoms. The molecule has 2 heterocycles. The van der Waals surface area contributed by atoms with Crippen LogP contribution in [0.3, 0.4) is 0 Å². The van der Waals surface area contributed by atoms with Crippen LogP contribution in [0.25, 0.3) is 0 Å². The van der Waals surface area contributed by atoms with Gasteiger partial charge in [0.2, 0.25) is 0 Å². The van der Waals surface area contributed by atoms with Gasteiger partial charge in [-0.15, -0.1) is 0 Å². The van der Waals surface area contributed by atoms with Gasteiger partial charge < -0.3 is 0 Å². The van der Waals surface area contributed by atoms with E-state index in [2.05, 4.69) is 19.9 Å². The number of aromatic amines is 1. The molecule has 0 bridgehead atoms. The van der Waals surface area contributed by atoms with Crippen molar-refractivity contribution >= 4 is 15.8 Å². The van der Waals surface area contributed by atoms with Gasteiger partial charge in [0.1, 0.15) is 22.5 Å². The van der Waals surface area contributed by atoms with Crippen LogP contribution >= 0.6 is 0 Å². The predicted molar refractivity (Wildman–Crippen MR) is 58.3 cm³/mol. The highest BCUT2D eigenvalue weighted by molar-refractivity contribution is 7.92. The van der Waals surface area contributed by atoms with Crippen LogP contribution in [0.5, 0.6) is 0 Å². The molecule has 0 saturated carbocycles. The van der Waals surface area contributed by atoms with Crippen molar-refractivity contribution in [1.82, 2.24) is 15.2 Å². The number of nitriles is 1. The van der Waals surface area contributed by atoms with Crippen LogP contribution in [0.1, 0.15) is 5.69 Å². The first-order chi connectivity index (χ1) is 8.12. The topological polar surface area (TPSA) is 112 Å². The van der Waals surface area contributed by atoms with Crippen molar-refractivity contribution in [1.29, 1.82) is 5.26 Å². The molecule has 0 amide bonds. The fourth-order valence-corrected chi connectivity index (χ4v) is 2.08. The highest BCUT2D eigenvalue weighted by atomic mass is 32.2. The number of H-pyrrole nitrogens is 1. The first-order valence-electron chi connectivity index (χ1n) is 4.50. The van der Waals surface area contributed by atoms with E-state index in [1.165, 1.54) is 24.4 Å². The SMILES string of the molecule is N#Cc1ccc(S(=O)(=O)Nc2ccn[nH]2)cn1. The molecule has 2 aromatic rings. The molecule has 86 valence electrons. The Balaban J connectivity index is 2.29. The summed E-state index contributed by atoms with van der Waals surface area (Å²) in [5, 5.41) is 14.6. The fraction of sp³-hybridized carbons (Fsp3) is 0. The van der Waals surface area contributed by atoms with Crippen LogP contribution in [0.4, 0.5) is 5.82 Å². The highest BCUT2D eigenvalue weighted by Crippen LogP contribution is 2.12. The van der Waals surface area contributed by atoms with Gasteiger partial charge in [0.05, 0.1) is 6.20 Å². The second-order valence-electron chi connectivity index (χ2n) is 3.07. The first-order valence-corrected chi connectivity index (χ1v) is 5.98. The van der Waals surface area contributed by atoms with E-state index in [-0.39, 0.29) is 16.4 Å². The molecule has 0 aliphatic heterocycles. The van der Waals surface area contributed by atoms with Gasteiger partial charge in [0.25, 0.3) is 10.0 Å². The molecule has 0 unspecified atom stereocenters. The summed E-state index contributed by atoms with van der Waals surface area (Å²) in [5.41, 5.74) is 0.158. The van der Waals surface area contributed by atoms with Crippen molar-refractivity contribution in [2.45, 2.75) is 4.90 Å². The number of sulfonamides is 1. The van der Waals surface area contributed by atoms with Crippen molar-refractivity contribution in [2.75, 3.05) is 4.72 Å². The van der Waals surface area contributed by atoms with Gasteiger partial charge in [0.15, 0.2) is 0 Å². The average molecular weight is 249 g/mol. The monoisotopic (exact) mass is 249 g/mol. The van der Waals surface area contributed by atoms with E-state index in [0.29, 0.717) is 0 Å². The second-order valence-corrected chi connectivity index (χ2v) is 4.75. The zero-order valence-corrected chi connectivity index (χ0v) is 9.27. The van der Waals surface area contributed by atoms with E-state index < -0.39 is 10.0 Å². The lowest BCUT2D eigenvalue weighted by Gasteiger charge is -2.04. The fourth-order valence-electron chi connectivity index (χ4n) is 1.12. The maximum atomic E-state index is 11.8. The van der Waals surface area contributed by atoms with E-state index in [1.54, 1.807) is 0 Å². The van der Waals surface area contributed by atoms with E-state index in [0.717, 1.165) is 6.20 Å². The van der Waals surface area contributed by atoms with Crippen molar-refractivity contribution in [3.05, 3.63) is 36.3 Å². The number of anilines is 1. The molecule has 0 spiro atoms. The van der Waals surface area contributed by atoms with Crippen LogP contribution in [-0.4, -0.2) is 23.6 Å². The summed E-state index contributed by atoms with van der Waals surface area (Å²) in [5.74, 6) is 0.259. The minimum Gasteiger partial charge on any atom is -0.264 e. The smallest absolute Gasteiger partial charge is 0.264 e. The Kier molecular flexibility index (Phi) is 2.76. The third kappa shape index (κ3) is 2.40. The number of nitrogens with one attached hydrogen (secondary N) is 2. The van der Waals surface area contributed by atoms with E-state index >= 15 is 0 Å². The summed E-state index contributed by atoms with van der Waals surface area (Å²) in [6, 6.07) is 5.93. The van der Waals surface area contributed by atoms with E-state index in [4.69, 9.17) is 5.26 Å². The maximum Gasteiger partial charge on any atom is 0.264 e. The van der Waals surface area contributed by atoms with Crippen LogP contribution in [0, 0.1) is 11.3 Å². The summed E-state index contributed by atoms with van der Waals surface area (Å²) >= 11 is 0. The Morgan fingerprint density at radius 1 is 1.35 bits per heavy atom. The summed E-state index contributed by atoms with van der Waals surface area (Å²) in [7, 11) is -3.70. The highest BCUT2D eigenvalue weighted by Gasteiger charge is 2.15. The molecular formula is C9H7N5O2S. The molecule has 0 radical (unpaired) electrons. The van der Waals surface area contributed by atoms with Gasteiger partial charge in [-0.05, 0) is 12.1 Å². The molecule has 2 aromatic heterocycles. The number of hydrogen-bond acceptors (Lipinski definition) is 5. The van der Waals surface area contributed by atoms with Gasteiger partial charge in [-0.1, -0.05) is 0 Å². The third-order valence-corrected chi connectivity index (χ3v) is 3.26. The molecular weight excluding hydrogens is 242 g/mol. The lowest BCUT2D eigenvalue weighted by Crippen LogP contribution is -2.13. The van der Waals surface area contributed by atoms with Gasteiger partial charge >= 0.3 is 0 Å². The second kappa shape index (κ2) is 4.23. The number of pyridine rings is 1. The Hall–Kier alpha value is -2.40. The number of rotatable bonds is 3. The van der Waals surface area contributed by atoms with Crippen molar-refractivity contribution < 1.29 is 8.42 Å². The largest absolute Gasteiger partial charge is 0.264 e. The van der Waals surface area contributed by atoms with Crippen LogP contribution in [0.15, 0.2) is 35.5 Å². The zero-order valence-electron chi connectivity index (χ0n) is 8.45.